The van der Waals surface area contributed by atoms with Crippen LogP contribution < -0.4 is 5.32 Å². The Bertz CT molecular complexity index is 1340. The smallest absolute Gasteiger partial charge is 0.456 e. The molecule has 0 aromatic carbocycles. The predicted octanol–water partition coefficient (Wildman–Crippen LogP) is 17.7. The zero-order chi connectivity index (χ0) is 51.5. The zero-order valence-electron chi connectivity index (χ0n) is 46.8. The van der Waals surface area contributed by atoms with E-state index in [0.29, 0.717) is 23.9 Å². The number of rotatable bonds is 53. The maximum absolute atomic E-state index is 13.5. The van der Waals surface area contributed by atoms with Gasteiger partial charge in [0.1, 0.15) is 19.3 Å². The van der Waals surface area contributed by atoms with Gasteiger partial charge in [-0.2, -0.15) is 0 Å². The molecule has 0 saturated heterocycles. The summed E-state index contributed by atoms with van der Waals surface area (Å²) in [5.74, 6) is -0.527. The fourth-order valence-corrected chi connectivity index (χ4v) is 9.11. The molecule has 0 heterocycles. The third kappa shape index (κ3) is 50.9. The van der Waals surface area contributed by atoms with E-state index in [0.717, 1.165) is 83.5 Å². The first-order valence-electron chi connectivity index (χ1n) is 29.5. The molecule has 0 rings (SSSR count). The van der Waals surface area contributed by atoms with E-state index in [1.165, 1.54) is 148 Å². The number of unbranched alkanes of at least 4 members (excludes halogenated alkanes) is 31. The van der Waals surface area contributed by atoms with E-state index in [2.05, 4.69) is 62.5 Å². The highest BCUT2D eigenvalue weighted by Gasteiger charge is 2.30. The van der Waals surface area contributed by atoms with Gasteiger partial charge in [-0.1, -0.05) is 217 Å². The van der Waals surface area contributed by atoms with Gasteiger partial charge in [0.2, 0.25) is 5.91 Å². The second-order valence-corrected chi connectivity index (χ2v) is 22.6. The minimum atomic E-state index is -4.45. The molecule has 0 saturated carbocycles. The molecule has 0 aromatic rings. The van der Waals surface area contributed by atoms with E-state index in [1.807, 2.05) is 33.3 Å². The van der Waals surface area contributed by atoms with Gasteiger partial charge in [0.05, 0.1) is 33.8 Å². The SMILES string of the molecule is CCCCC/C=C\C/C=C\CCCCCCCCCC(=O)NC(COP(=O)(O)OCC[N+](C)(C)C)C(/C=C/CCCCCCCCCCCCC)OC(=O)CCCCC/C=C\CCCCCCCCC. The third-order valence-electron chi connectivity index (χ3n) is 13.0. The normalized spacial score (nSPS) is 14.1. The molecule has 10 heteroatoms. The average Bonchev–Trinajstić information content (AvgIpc) is 3.32. The summed E-state index contributed by atoms with van der Waals surface area (Å²) in [5.41, 5.74) is 0. The van der Waals surface area contributed by atoms with Crippen LogP contribution in [0.3, 0.4) is 0 Å². The number of likely N-dealkylation sites (N-methyl/N-ethyl adjacent to an activating group) is 1. The number of carbonyl (C=O) groups is 2. The monoisotopic (exact) mass is 1010 g/mol. The molecule has 0 bridgehead atoms. The van der Waals surface area contributed by atoms with Crippen LogP contribution in [0.1, 0.15) is 271 Å². The lowest BCUT2D eigenvalue weighted by Gasteiger charge is -2.27. The third-order valence-corrected chi connectivity index (χ3v) is 14.0. The first kappa shape index (κ1) is 68.0. The van der Waals surface area contributed by atoms with Crippen molar-refractivity contribution >= 4 is 19.7 Å². The number of nitrogens with one attached hydrogen (secondary N) is 1. The molecule has 0 spiro atoms. The number of ether oxygens (including phenoxy) is 1. The zero-order valence-corrected chi connectivity index (χ0v) is 47.7. The molecule has 9 nitrogen and oxygen atoms in total. The summed E-state index contributed by atoms with van der Waals surface area (Å²) >= 11 is 0. The standard InChI is InChI=1S/C60H113N2O7P/c1-7-10-13-16-19-22-25-28-30-31-32-34-37-40-43-46-49-52-59(63)61-57(56-68-70(65,66)67-55-54-62(4,5)6)58(51-48-45-42-39-36-33-27-24-21-18-15-12-9-3)69-60(64)53-50-47-44-41-38-35-29-26-23-20-17-14-11-8-2/h19,22,28,30,35,38,48,51,57-58H,7-18,20-21,23-27,29,31-34,36-37,39-47,49-50,52-56H2,1-6H3,(H-,61,63,65,66)/p+1/b22-19-,30-28-,38-35-,51-48+. The van der Waals surface area contributed by atoms with E-state index in [4.69, 9.17) is 13.8 Å². The summed E-state index contributed by atoms with van der Waals surface area (Å²) in [6, 6.07) is -0.857. The Morgan fingerprint density at radius 3 is 1.34 bits per heavy atom. The summed E-state index contributed by atoms with van der Waals surface area (Å²) in [6.45, 7) is 6.98. The number of phosphoric ester groups is 1. The average molecular weight is 1010 g/mol. The van der Waals surface area contributed by atoms with Gasteiger partial charge >= 0.3 is 13.8 Å². The molecular formula is C60H114N2O7P+. The van der Waals surface area contributed by atoms with Gasteiger partial charge in [-0.25, -0.2) is 4.57 Å². The minimum absolute atomic E-state index is 0.0364. The highest BCUT2D eigenvalue weighted by atomic mass is 31.2. The van der Waals surface area contributed by atoms with Gasteiger partial charge in [-0.05, 0) is 89.5 Å². The number of hydrogen-bond donors (Lipinski definition) is 2. The molecule has 0 aliphatic heterocycles. The Morgan fingerprint density at radius 2 is 0.871 bits per heavy atom. The topological polar surface area (TPSA) is 111 Å². The molecule has 3 atom stereocenters. The van der Waals surface area contributed by atoms with Crippen molar-refractivity contribution in [1.29, 1.82) is 0 Å². The predicted molar refractivity (Wildman–Crippen MR) is 300 cm³/mol. The van der Waals surface area contributed by atoms with Crippen LogP contribution in [-0.4, -0.2) is 74.3 Å². The molecule has 0 aliphatic rings. The van der Waals surface area contributed by atoms with Gasteiger partial charge in [0, 0.05) is 12.8 Å². The van der Waals surface area contributed by atoms with Gasteiger partial charge < -0.3 is 19.4 Å². The largest absolute Gasteiger partial charge is 0.472 e. The summed E-state index contributed by atoms with van der Waals surface area (Å²) < 4.78 is 30.6. The first-order valence-corrected chi connectivity index (χ1v) is 31.0. The van der Waals surface area contributed by atoms with Crippen LogP contribution in [0.25, 0.3) is 0 Å². The number of amides is 1. The van der Waals surface area contributed by atoms with Crippen molar-refractivity contribution in [3.63, 3.8) is 0 Å². The maximum Gasteiger partial charge on any atom is 0.472 e. The number of phosphoric acid groups is 1. The lowest BCUT2D eigenvalue weighted by molar-refractivity contribution is -0.870. The van der Waals surface area contributed by atoms with Crippen molar-refractivity contribution in [1.82, 2.24) is 5.32 Å². The second kappa shape index (κ2) is 50.5. The number of nitrogens with zero attached hydrogens (tertiary/aromatic N) is 1. The Balaban J connectivity index is 5.38. The summed E-state index contributed by atoms with van der Waals surface area (Å²) in [5, 5.41) is 3.04. The lowest BCUT2D eigenvalue weighted by atomic mass is 10.0. The van der Waals surface area contributed by atoms with Crippen LogP contribution in [0.15, 0.2) is 48.6 Å². The van der Waals surface area contributed by atoms with E-state index in [-0.39, 0.29) is 31.5 Å². The Labute approximate surface area is 433 Å². The quantitative estimate of drug-likeness (QED) is 0.0205. The number of carbonyl (C=O) groups excluding carboxylic acids is 2. The molecule has 3 unspecified atom stereocenters. The van der Waals surface area contributed by atoms with E-state index in [9.17, 15) is 19.0 Å². The fourth-order valence-electron chi connectivity index (χ4n) is 8.38. The Morgan fingerprint density at radius 1 is 0.500 bits per heavy atom. The number of allylic oxidation sites excluding steroid dienone is 7. The van der Waals surface area contributed by atoms with Gasteiger partial charge in [0.15, 0.2) is 0 Å². The van der Waals surface area contributed by atoms with Crippen molar-refractivity contribution in [2.24, 2.45) is 0 Å². The van der Waals surface area contributed by atoms with Crippen molar-refractivity contribution in [3.8, 4) is 0 Å². The number of quaternary nitrogens is 1. The molecule has 410 valence electrons. The lowest BCUT2D eigenvalue weighted by Crippen LogP contribution is -2.47. The molecule has 0 aliphatic carbocycles. The van der Waals surface area contributed by atoms with Gasteiger partial charge in [0.25, 0.3) is 0 Å². The van der Waals surface area contributed by atoms with Gasteiger partial charge in [-0.15, -0.1) is 0 Å². The second-order valence-electron chi connectivity index (χ2n) is 21.2. The van der Waals surface area contributed by atoms with E-state index in [1.54, 1.807) is 0 Å². The molecule has 0 fully saturated rings. The van der Waals surface area contributed by atoms with Gasteiger partial charge in [-0.3, -0.25) is 18.6 Å². The summed E-state index contributed by atoms with van der Waals surface area (Å²) in [7, 11) is 1.49. The van der Waals surface area contributed by atoms with Crippen LogP contribution in [0.5, 0.6) is 0 Å². The number of esters is 1. The summed E-state index contributed by atoms with van der Waals surface area (Å²) in [4.78, 5) is 37.6. The molecule has 1 amide bonds. The van der Waals surface area contributed by atoms with Crippen molar-refractivity contribution in [2.45, 2.75) is 283 Å². The van der Waals surface area contributed by atoms with Crippen LogP contribution in [0, 0.1) is 0 Å². The van der Waals surface area contributed by atoms with E-state index < -0.39 is 20.0 Å². The van der Waals surface area contributed by atoms with Crippen LogP contribution in [0.2, 0.25) is 0 Å². The van der Waals surface area contributed by atoms with Crippen LogP contribution in [-0.2, 0) is 27.9 Å². The van der Waals surface area contributed by atoms with Crippen LogP contribution >= 0.6 is 7.82 Å². The summed E-state index contributed by atoms with van der Waals surface area (Å²) in [6.07, 6.45) is 61.0. The highest BCUT2D eigenvalue weighted by molar-refractivity contribution is 7.47. The molecule has 0 radical (unpaired) electrons. The molecule has 2 N–H and O–H groups in total. The van der Waals surface area contributed by atoms with Crippen LogP contribution in [0.4, 0.5) is 0 Å². The highest BCUT2D eigenvalue weighted by Crippen LogP contribution is 2.43. The molecular weight excluding hydrogens is 892 g/mol. The first-order chi connectivity index (χ1) is 33.9. The molecule has 70 heavy (non-hydrogen) atoms. The van der Waals surface area contributed by atoms with Crippen molar-refractivity contribution in [2.75, 3.05) is 40.9 Å². The Hall–Kier alpha value is -2.03. The van der Waals surface area contributed by atoms with Crippen molar-refractivity contribution < 1.29 is 37.3 Å². The minimum Gasteiger partial charge on any atom is -0.456 e. The van der Waals surface area contributed by atoms with E-state index >= 15 is 0 Å². The maximum atomic E-state index is 13.5. The Kier molecular flexibility index (Phi) is 49.0. The molecule has 0 aromatic heterocycles. The number of hydrogen-bond acceptors (Lipinski definition) is 6. The van der Waals surface area contributed by atoms with Crippen molar-refractivity contribution in [3.05, 3.63) is 48.6 Å². The fraction of sp³-hybridized carbons (Fsp3) is 0.833.